The van der Waals surface area contributed by atoms with Gasteiger partial charge in [0, 0.05) is 44.1 Å². The Morgan fingerprint density at radius 1 is 0.955 bits per heavy atom. The number of rotatable bonds is 6. The van der Waals surface area contributed by atoms with Gasteiger partial charge in [0.05, 0.1) is 0 Å². The summed E-state index contributed by atoms with van der Waals surface area (Å²) in [7, 11) is 4.02. The number of hydrogen-bond donors (Lipinski definition) is 2. The Morgan fingerprint density at radius 2 is 1.55 bits per heavy atom. The molecule has 0 aliphatic carbocycles. The average molecular weight is 297 g/mol. The van der Waals surface area contributed by atoms with Crippen LogP contribution in [0.5, 0.6) is 0 Å². The SMILES string of the molecule is Cc1ccc(NC(=O)CCNc2ccc(N(C)C)cc2)cc1. The van der Waals surface area contributed by atoms with Crippen molar-refractivity contribution in [1.29, 1.82) is 0 Å². The van der Waals surface area contributed by atoms with Gasteiger partial charge in [0.2, 0.25) is 5.91 Å². The Bertz CT molecular complexity index is 603. The molecule has 0 heterocycles. The van der Waals surface area contributed by atoms with Crippen molar-refractivity contribution in [3.8, 4) is 0 Å². The van der Waals surface area contributed by atoms with Crippen molar-refractivity contribution < 1.29 is 4.79 Å². The zero-order valence-corrected chi connectivity index (χ0v) is 13.4. The maximum atomic E-state index is 11.9. The van der Waals surface area contributed by atoms with E-state index in [1.807, 2.05) is 57.4 Å². The van der Waals surface area contributed by atoms with E-state index in [0.717, 1.165) is 17.1 Å². The maximum absolute atomic E-state index is 11.9. The minimum Gasteiger partial charge on any atom is -0.385 e. The summed E-state index contributed by atoms with van der Waals surface area (Å²) in [6.45, 7) is 2.64. The highest BCUT2D eigenvalue weighted by molar-refractivity contribution is 5.91. The van der Waals surface area contributed by atoms with Gasteiger partial charge in [0.1, 0.15) is 0 Å². The summed E-state index contributed by atoms with van der Waals surface area (Å²) in [4.78, 5) is 13.9. The lowest BCUT2D eigenvalue weighted by Gasteiger charge is -2.13. The van der Waals surface area contributed by atoms with Gasteiger partial charge in [0.15, 0.2) is 0 Å². The molecule has 0 radical (unpaired) electrons. The molecule has 4 nitrogen and oxygen atoms in total. The number of hydrogen-bond acceptors (Lipinski definition) is 3. The fourth-order valence-electron chi connectivity index (χ4n) is 2.06. The first-order valence-electron chi connectivity index (χ1n) is 7.42. The molecular weight excluding hydrogens is 274 g/mol. The number of anilines is 3. The molecule has 0 saturated carbocycles. The minimum atomic E-state index is 0.0151. The Hall–Kier alpha value is -2.49. The van der Waals surface area contributed by atoms with E-state index >= 15 is 0 Å². The van der Waals surface area contributed by atoms with E-state index in [4.69, 9.17) is 0 Å². The molecule has 4 heteroatoms. The molecule has 0 atom stereocenters. The van der Waals surface area contributed by atoms with Crippen LogP contribution in [0.4, 0.5) is 17.1 Å². The third-order valence-corrected chi connectivity index (χ3v) is 3.40. The van der Waals surface area contributed by atoms with Gasteiger partial charge in [-0.2, -0.15) is 0 Å². The summed E-state index contributed by atoms with van der Waals surface area (Å²) in [5, 5.41) is 6.15. The van der Waals surface area contributed by atoms with E-state index in [-0.39, 0.29) is 5.91 Å². The van der Waals surface area contributed by atoms with Gasteiger partial charge in [-0.15, -0.1) is 0 Å². The molecule has 0 aliphatic heterocycles. The van der Waals surface area contributed by atoms with E-state index in [2.05, 4.69) is 27.7 Å². The number of amides is 1. The van der Waals surface area contributed by atoms with Crippen LogP contribution in [0, 0.1) is 6.92 Å². The van der Waals surface area contributed by atoms with E-state index in [1.54, 1.807) is 0 Å². The number of aryl methyl sites for hydroxylation is 1. The molecule has 2 N–H and O–H groups in total. The molecule has 2 aromatic carbocycles. The highest BCUT2D eigenvalue weighted by atomic mass is 16.1. The van der Waals surface area contributed by atoms with Crippen molar-refractivity contribution in [1.82, 2.24) is 0 Å². The fourth-order valence-corrected chi connectivity index (χ4v) is 2.06. The summed E-state index contributed by atoms with van der Waals surface area (Å²) in [5.41, 5.74) is 4.20. The molecular formula is C18H23N3O. The maximum Gasteiger partial charge on any atom is 0.226 e. The Labute approximate surface area is 132 Å². The second-order valence-electron chi connectivity index (χ2n) is 5.53. The minimum absolute atomic E-state index is 0.0151. The van der Waals surface area contributed by atoms with Crippen LogP contribution in [-0.2, 0) is 4.79 Å². The van der Waals surface area contributed by atoms with Crippen LogP contribution in [0.1, 0.15) is 12.0 Å². The summed E-state index contributed by atoms with van der Waals surface area (Å²) < 4.78 is 0. The average Bonchev–Trinajstić information content (AvgIpc) is 2.50. The van der Waals surface area contributed by atoms with E-state index in [0.29, 0.717) is 13.0 Å². The monoisotopic (exact) mass is 297 g/mol. The van der Waals surface area contributed by atoms with Crippen LogP contribution < -0.4 is 15.5 Å². The van der Waals surface area contributed by atoms with Crippen molar-refractivity contribution in [3.63, 3.8) is 0 Å². The first kappa shape index (κ1) is 15.9. The lowest BCUT2D eigenvalue weighted by atomic mass is 10.2. The first-order valence-corrected chi connectivity index (χ1v) is 7.42. The van der Waals surface area contributed by atoms with Gasteiger partial charge in [-0.1, -0.05) is 17.7 Å². The van der Waals surface area contributed by atoms with Crippen molar-refractivity contribution >= 4 is 23.0 Å². The molecule has 0 fully saturated rings. The zero-order valence-electron chi connectivity index (χ0n) is 13.4. The predicted molar refractivity (Wildman–Crippen MR) is 93.7 cm³/mol. The molecule has 0 saturated heterocycles. The Kier molecular flexibility index (Phi) is 5.42. The second kappa shape index (κ2) is 7.50. The molecule has 116 valence electrons. The van der Waals surface area contributed by atoms with Crippen LogP contribution in [-0.4, -0.2) is 26.5 Å². The van der Waals surface area contributed by atoms with Gasteiger partial charge in [-0.05, 0) is 43.3 Å². The first-order chi connectivity index (χ1) is 10.5. The molecule has 1 amide bonds. The number of benzene rings is 2. The van der Waals surface area contributed by atoms with Crippen molar-refractivity contribution in [2.24, 2.45) is 0 Å². The van der Waals surface area contributed by atoms with Crippen LogP contribution >= 0.6 is 0 Å². The molecule has 0 bridgehead atoms. The largest absolute Gasteiger partial charge is 0.385 e. The topological polar surface area (TPSA) is 44.4 Å². The van der Waals surface area contributed by atoms with E-state index in [1.165, 1.54) is 5.56 Å². The summed E-state index contributed by atoms with van der Waals surface area (Å²) in [5.74, 6) is 0.0151. The van der Waals surface area contributed by atoms with Gasteiger partial charge < -0.3 is 15.5 Å². The number of nitrogens with zero attached hydrogens (tertiary/aromatic N) is 1. The van der Waals surface area contributed by atoms with Crippen molar-refractivity contribution in [2.75, 3.05) is 36.2 Å². The number of carbonyl (C=O) groups is 1. The molecule has 2 aromatic rings. The summed E-state index contributed by atoms with van der Waals surface area (Å²) in [6, 6.07) is 15.9. The normalized spacial score (nSPS) is 10.1. The zero-order chi connectivity index (χ0) is 15.9. The van der Waals surface area contributed by atoms with Gasteiger partial charge in [0.25, 0.3) is 0 Å². The van der Waals surface area contributed by atoms with Crippen molar-refractivity contribution in [2.45, 2.75) is 13.3 Å². The third-order valence-electron chi connectivity index (χ3n) is 3.40. The van der Waals surface area contributed by atoms with Gasteiger partial charge >= 0.3 is 0 Å². The second-order valence-corrected chi connectivity index (χ2v) is 5.53. The van der Waals surface area contributed by atoms with Crippen molar-refractivity contribution in [3.05, 3.63) is 54.1 Å². The molecule has 2 rings (SSSR count). The van der Waals surface area contributed by atoms with Crippen LogP contribution in [0.2, 0.25) is 0 Å². The Balaban J connectivity index is 1.75. The quantitative estimate of drug-likeness (QED) is 0.857. The third kappa shape index (κ3) is 4.81. The number of carbonyl (C=O) groups excluding carboxylic acids is 1. The smallest absolute Gasteiger partial charge is 0.226 e. The molecule has 0 unspecified atom stereocenters. The molecule has 22 heavy (non-hydrogen) atoms. The highest BCUT2D eigenvalue weighted by Gasteiger charge is 2.02. The summed E-state index contributed by atoms with van der Waals surface area (Å²) >= 11 is 0. The molecule has 0 spiro atoms. The Morgan fingerprint density at radius 3 is 2.14 bits per heavy atom. The highest BCUT2D eigenvalue weighted by Crippen LogP contribution is 2.15. The lowest BCUT2D eigenvalue weighted by Crippen LogP contribution is -2.16. The number of nitrogens with one attached hydrogen (secondary N) is 2. The summed E-state index contributed by atoms with van der Waals surface area (Å²) in [6.07, 6.45) is 0.434. The van der Waals surface area contributed by atoms with E-state index in [9.17, 15) is 4.79 Å². The lowest BCUT2D eigenvalue weighted by molar-refractivity contribution is -0.115. The predicted octanol–water partition coefficient (Wildman–Crippen LogP) is 3.50. The van der Waals surface area contributed by atoms with Crippen LogP contribution in [0.15, 0.2) is 48.5 Å². The van der Waals surface area contributed by atoms with Crippen LogP contribution in [0.25, 0.3) is 0 Å². The standard InChI is InChI=1S/C18H23N3O/c1-14-4-6-16(7-5-14)20-18(22)12-13-19-15-8-10-17(11-9-15)21(2)3/h4-11,19H,12-13H2,1-3H3,(H,20,22). The molecule has 0 aromatic heterocycles. The van der Waals surface area contributed by atoms with Crippen LogP contribution in [0.3, 0.4) is 0 Å². The molecule has 0 aliphatic rings. The van der Waals surface area contributed by atoms with Gasteiger partial charge in [-0.3, -0.25) is 4.79 Å². The van der Waals surface area contributed by atoms with E-state index < -0.39 is 0 Å². The fraction of sp³-hybridized carbons (Fsp3) is 0.278. The van der Waals surface area contributed by atoms with Gasteiger partial charge in [-0.25, -0.2) is 0 Å².